The Kier molecular flexibility index (Phi) is 6.35. The summed E-state index contributed by atoms with van der Waals surface area (Å²) in [6.45, 7) is 0.251. The van der Waals surface area contributed by atoms with Crippen molar-refractivity contribution in [1.29, 1.82) is 0 Å². The summed E-state index contributed by atoms with van der Waals surface area (Å²) < 4.78 is 0. The Morgan fingerprint density at radius 3 is 2.33 bits per heavy atom. The van der Waals surface area contributed by atoms with Gasteiger partial charge in [-0.25, -0.2) is 0 Å². The van der Waals surface area contributed by atoms with Gasteiger partial charge in [0.15, 0.2) is 0 Å². The van der Waals surface area contributed by atoms with E-state index >= 15 is 0 Å². The summed E-state index contributed by atoms with van der Waals surface area (Å²) >= 11 is 0. The Morgan fingerprint density at radius 1 is 1.04 bits per heavy atom. The molecule has 6 nitrogen and oxygen atoms in total. The molecule has 0 aliphatic heterocycles. The van der Waals surface area contributed by atoms with E-state index in [0.29, 0.717) is 12.8 Å². The Bertz CT molecular complexity index is 580. The molecule has 2 amide bonds. The minimum atomic E-state index is -0.895. The highest BCUT2D eigenvalue weighted by atomic mass is 16.4. The monoisotopic (exact) mass is 332 g/mol. The number of carboxylic acid groups (broad SMARTS) is 1. The predicted molar refractivity (Wildman–Crippen MR) is 89.4 cm³/mol. The smallest absolute Gasteiger partial charge is 0.305 e. The average molecular weight is 332 g/mol. The van der Waals surface area contributed by atoms with Crippen LogP contribution in [0.15, 0.2) is 30.3 Å². The minimum absolute atomic E-state index is 0.0426. The number of benzene rings is 1. The van der Waals surface area contributed by atoms with Crippen LogP contribution in [0.3, 0.4) is 0 Å². The van der Waals surface area contributed by atoms with Gasteiger partial charge < -0.3 is 15.7 Å². The lowest BCUT2D eigenvalue weighted by Gasteiger charge is -2.28. The maximum atomic E-state index is 12.1. The van der Waals surface area contributed by atoms with Gasteiger partial charge in [0.1, 0.15) is 0 Å². The number of carboxylic acids is 1. The molecule has 0 heterocycles. The zero-order chi connectivity index (χ0) is 17.4. The number of hydrogen-bond acceptors (Lipinski definition) is 3. The van der Waals surface area contributed by atoms with E-state index in [4.69, 9.17) is 5.11 Å². The fourth-order valence-corrected chi connectivity index (χ4v) is 3.20. The fourth-order valence-electron chi connectivity index (χ4n) is 3.20. The van der Waals surface area contributed by atoms with Crippen molar-refractivity contribution in [2.24, 2.45) is 0 Å². The van der Waals surface area contributed by atoms with Crippen LogP contribution in [0.1, 0.15) is 44.1 Å². The van der Waals surface area contributed by atoms with E-state index in [2.05, 4.69) is 10.6 Å². The van der Waals surface area contributed by atoms with Crippen LogP contribution >= 0.6 is 0 Å². The van der Waals surface area contributed by atoms with Gasteiger partial charge in [-0.1, -0.05) is 43.2 Å². The second-order valence-electron chi connectivity index (χ2n) is 6.37. The Morgan fingerprint density at radius 2 is 1.71 bits per heavy atom. The predicted octanol–water partition coefficient (Wildman–Crippen LogP) is 1.64. The zero-order valence-electron chi connectivity index (χ0n) is 13.7. The lowest BCUT2D eigenvalue weighted by Crippen LogP contribution is -2.48. The molecule has 6 heteroatoms. The van der Waals surface area contributed by atoms with E-state index in [0.717, 1.165) is 18.4 Å². The molecular formula is C18H24N2O4. The van der Waals surface area contributed by atoms with E-state index in [9.17, 15) is 14.4 Å². The highest BCUT2D eigenvalue weighted by Gasteiger charge is 2.37. The van der Waals surface area contributed by atoms with Crippen molar-refractivity contribution < 1.29 is 19.5 Å². The molecule has 0 atom stereocenters. The minimum Gasteiger partial charge on any atom is -0.481 e. The Labute approximate surface area is 141 Å². The van der Waals surface area contributed by atoms with Crippen molar-refractivity contribution in [3.8, 4) is 0 Å². The summed E-state index contributed by atoms with van der Waals surface area (Å²) in [5, 5.41) is 14.6. The van der Waals surface area contributed by atoms with Crippen LogP contribution in [0, 0.1) is 0 Å². The summed E-state index contributed by atoms with van der Waals surface area (Å²) in [5.41, 5.74) is 0.308. The molecule has 1 aromatic rings. The lowest BCUT2D eigenvalue weighted by molar-refractivity contribution is -0.139. The summed E-state index contributed by atoms with van der Waals surface area (Å²) in [7, 11) is 0. The van der Waals surface area contributed by atoms with Gasteiger partial charge in [-0.15, -0.1) is 0 Å². The van der Waals surface area contributed by atoms with Crippen LogP contribution in [0.25, 0.3) is 0 Å². The van der Waals surface area contributed by atoms with Gasteiger partial charge in [-0.2, -0.15) is 0 Å². The maximum Gasteiger partial charge on any atom is 0.305 e. The first kappa shape index (κ1) is 18.0. The third-order valence-corrected chi connectivity index (χ3v) is 4.34. The fraction of sp³-hybridized carbons (Fsp3) is 0.500. The largest absolute Gasteiger partial charge is 0.481 e. The molecular weight excluding hydrogens is 308 g/mol. The van der Waals surface area contributed by atoms with Gasteiger partial charge in [0.05, 0.1) is 18.4 Å². The molecule has 0 bridgehead atoms. The number of nitrogens with one attached hydrogen (secondary N) is 2. The SMILES string of the molecule is O=C(O)CC1(NC(=O)CCNC(=O)Cc2ccccc2)CCCC1. The van der Waals surface area contributed by atoms with E-state index in [1.165, 1.54) is 0 Å². The number of carbonyl (C=O) groups is 3. The van der Waals surface area contributed by atoms with Crippen molar-refractivity contribution >= 4 is 17.8 Å². The van der Waals surface area contributed by atoms with E-state index in [1.54, 1.807) is 0 Å². The van der Waals surface area contributed by atoms with Gasteiger partial charge in [0.25, 0.3) is 0 Å². The van der Waals surface area contributed by atoms with Crippen LogP contribution in [-0.4, -0.2) is 35.0 Å². The first-order valence-electron chi connectivity index (χ1n) is 8.33. The van der Waals surface area contributed by atoms with Crippen LogP contribution in [0.4, 0.5) is 0 Å². The van der Waals surface area contributed by atoms with Crippen molar-refractivity contribution in [2.45, 2.75) is 50.5 Å². The van der Waals surface area contributed by atoms with Crippen molar-refractivity contribution in [3.05, 3.63) is 35.9 Å². The molecule has 1 aliphatic carbocycles. The molecule has 24 heavy (non-hydrogen) atoms. The summed E-state index contributed by atoms with van der Waals surface area (Å²) in [5.74, 6) is -1.23. The molecule has 0 saturated heterocycles. The molecule has 2 rings (SSSR count). The topological polar surface area (TPSA) is 95.5 Å². The highest BCUT2D eigenvalue weighted by molar-refractivity contribution is 5.81. The van der Waals surface area contributed by atoms with Crippen molar-refractivity contribution in [3.63, 3.8) is 0 Å². The lowest BCUT2D eigenvalue weighted by atomic mass is 9.93. The van der Waals surface area contributed by atoms with Crippen molar-refractivity contribution in [2.75, 3.05) is 6.54 Å². The van der Waals surface area contributed by atoms with Gasteiger partial charge in [-0.3, -0.25) is 14.4 Å². The van der Waals surface area contributed by atoms with Gasteiger partial charge in [0, 0.05) is 13.0 Å². The molecule has 1 aliphatic rings. The molecule has 1 fully saturated rings. The van der Waals surface area contributed by atoms with Gasteiger partial charge in [0.2, 0.25) is 11.8 Å². The average Bonchev–Trinajstić information content (AvgIpc) is 2.95. The number of carbonyl (C=O) groups excluding carboxylic acids is 2. The summed E-state index contributed by atoms with van der Waals surface area (Å²) in [4.78, 5) is 34.9. The summed E-state index contributed by atoms with van der Waals surface area (Å²) in [6.07, 6.45) is 3.66. The number of aliphatic carboxylic acids is 1. The van der Waals surface area contributed by atoms with E-state index < -0.39 is 11.5 Å². The molecule has 130 valence electrons. The molecule has 1 saturated carbocycles. The molecule has 0 aromatic heterocycles. The number of rotatable bonds is 8. The van der Waals surface area contributed by atoms with Crippen molar-refractivity contribution in [1.82, 2.24) is 10.6 Å². The first-order chi connectivity index (χ1) is 11.5. The van der Waals surface area contributed by atoms with Crippen LogP contribution in [0.2, 0.25) is 0 Å². The third-order valence-electron chi connectivity index (χ3n) is 4.34. The molecule has 1 aromatic carbocycles. The molecule has 0 unspecified atom stereocenters. The standard InChI is InChI=1S/C18H24N2O4/c21-15(20-18(13-17(23)24)9-4-5-10-18)8-11-19-16(22)12-14-6-2-1-3-7-14/h1-3,6-7H,4-5,8-13H2,(H,19,22)(H,20,21)(H,23,24). The van der Waals surface area contributed by atoms with Gasteiger partial charge >= 0.3 is 5.97 Å². The zero-order valence-corrected chi connectivity index (χ0v) is 13.7. The van der Waals surface area contributed by atoms with E-state index in [-0.39, 0.29) is 37.6 Å². The number of amides is 2. The van der Waals surface area contributed by atoms with Crippen LogP contribution in [0.5, 0.6) is 0 Å². The first-order valence-corrected chi connectivity index (χ1v) is 8.33. The Balaban J connectivity index is 1.72. The normalized spacial score (nSPS) is 15.7. The van der Waals surface area contributed by atoms with Gasteiger partial charge in [-0.05, 0) is 18.4 Å². The second kappa shape index (κ2) is 8.47. The second-order valence-corrected chi connectivity index (χ2v) is 6.37. The molecule has 0 spiro atoms. The number of hydrogen-bond donors (Lipinski definition) is 3. The summed E-state index contributed by atoms with van der Waals surface area (Å²) in [6, 6.07) is 9.39. The van der Waals surface area contributed by atoms with E-state index in [1.807, 2.05) is 30.3 Å². The quantitative estimate of drug-likeness (QED) is 0.674. The molecule has 3 N–H and O–H groups in total. The molecule has 0 radical (unpaired) electrons. The maximum absolute atomic E-state index is 12.1. The third kappa shape index (κ3) is 5.68. The van der Waals surface area contributed by atoms with Crippen LogP contribution < -0.4 is 10.6 Å². The van der Waals surface area contributed by atoms with Crippen LogP contribution in [-0.2, 0) is 20.8 Å². The Hall–Kier alpha value is -2.37. The highest BCUT2D eigenvalue weighted by Crippen LogP contribution is 2.32.